The van der Waals surface area contributed by atoms with Crippen molar-refractivity contribution in [2.24, 2.45) is 5.10 Å². The second-order valence-corrected chi connectivity index (χ2v) is 4.96. The van der Waals surface area contributed by atoms with Gasteiger partial charge in [0.1, 0.15) is 6.54 Å². The Labute approximate surface area is 138 Å². The predicted molar refractivity (Wildman–Crippen MR) is 79.7 cm³/mol. The van der Waals surface area contributed by atoms with Gasteiger partial charge >= 0.3 is 5.96 Å². The maximum absolute atomic E-state index is 4.62. The molecule has 1 aromatic rings. The lowest BCUT2D eigenvalue weighted by molar-refractivity contribution is -0.474. The fourth-order valence-electron chi connectivity index (χ4n) is 2.36. The van der Waals surface area contributed by atoms with Crippen molar-refractivity contribution in [3.8, 4) is 0 Å². The minimum Gasteiger partial charge on any atom is -1.00 e. The van der Waals surface area contributed by atoms with Gasteiger partial charge in [0.15, 0.2) is 0 Å². The number of nitrogens with zero attached hydrogens (tertiary/aromatic N) is 4. The maximum atomic E-state index is 4.62. The van der Waals surface area contributed by atoms with Gasteiger partial charge in [-0.05, 0) is 12.0 Å². The Morgan fingerprint density at radius 1 is 1.20 bits per heavy atom. The van der Waals surface area contributed by atoms with Gasteiger partial charge in [0.05, 0.1) is 33.4 Å². The molecule has 1 aliphatic heterocycles. The van der Waals surface area contributed by atoms with Crippen LogP contribution in [0.2, 0.25) is 0 Å². The molecule has 0 unspecified atom stereocenters. The zero-order chi connectivity index (χ0) is 13.7. The van der Waals surface area contributed by atoms with Gasteiger partial charge in [-0.2, -0.15) is 0 Å². The van der Waals surface area contributed by atoms with Crippen molar-refractivity contribution in [2.75, 3.05) is 33.7 Å². The molecule has 1 aromatic carbocycles. The highest BCUT2D eigenvalue weighted by molar-refractivity contribution is 5.82. The molecular weight excluding hydrogens is 363 g/mol. The molecule has 0 atom stereocenters. The second-order valence-electron chi connectivity index (χ2n) is 4.96. The van der Waals surface area contributed by atoms with Gasteiger partial charge in [-0.25, -0.2) is 0 Å². The van der Waals surface area contributed by atoms with Crippen molar-refractivity contribution in [1.82, 2.24) is 9.91 Å². The summed E-state index contributed by atoms with van der Waals surface area (Å²) in [5.41, 5.74) is 1.13. The molecule has 0 aliphatic carbocycles. The van der Waals surface area contributed by atoms with E-state index in [0.717, 1.165) is 31.6 Å². The molecule has 20 heavy (non-hydrogen) atoms. The third-order valence-electron chi connectivity index (χ3n) is 3.13. The first kappa shape index (κ1) is 16.9. The Kier molecular flexibility index (Phi) is 6.98. The number of rotatable bonds is 4. The molecule has 1 saturated heterocycles. The minimum atomic E-state index is 0. The quantitative estimate of drug-likeness (QED) is 0.364. The summed E-state index contributed by atoms with van der Waals surface area (Å²) in [6.07, 6.45) is 3.09. The first-order chi connectivity index (χ1) is 9.22. The molecule has 1 fully saturated rings. The van der Waals surface area contributed by atoms with Gasteiger partial charge in [-0.15, -0.1) is 10.1 Å². The molecule has 0 saturated carbocycles. The first-order valence-corrected chi connectivity index (χ1v) is 6.88. The van der Waals surface area contributed by atoms with Gasteiger partial charge in [0, 0.05) is 0 Å². The van der Waals surface area contributed by atoms with E-state index >= 15 is 0 Å². The fourth-order valence-corrected chi connectivity index (χ4v) is 2.36. The van der Waals surface area contributed by atoms with Crippen molar-refractivity contribution >= 4 is 12.2 Å². The van der Waals surface area contributed by atoms with Crippen LogP contribution >= 0.6 is 0 Å². The molecule has 1 aliphatic rings. The third-order valence-corrected chi connectivity index (χ3v) is 3.13. The predicted octanol–water partition coefficient (Wildman–Crippen LogP) is -1.32. The van der Waals surface area contributed by atoms with Crippen LogP contribution in [0.5, 0.6) is 0 Å². The summed E-state index contributed by atoms with van der Waals surface area (Å²) in [4.78, 5) is 2.39. The lowest BCUT2D eigenvalue weighted by Gasteiger charge is -2.14. The molecule has 2 rings (SSSR count). The normalized spacial score (nSPS) is 14.8. The number of hydrogen-bond donors (Lipinski definition) is 0. The van der Waals surface area contributed by atoms with E-state index in [1.54, 1.807) is 0 Å². The molecular formula is C15H23IN4. The summed E-state index contributed by atoms with van der Waals surface area (Å²) in [6, 6.07) is 10.2. The third kappa shape index (κ3) is 4.19. The zero-order valence-corrected chi connectivity index (χ0v) is 14.6. The smallest absolute Gasteiger partial charge is 0.374 e. The van der Waals surface area contributed by atoms with E-state index < -0.39 is 0 Å². The van der Waals surface area contributed by atoms with Gasteiger partial charge in [0.25, 0.3) is 0 Å². The number of hydrazone groups is 1. The summed E-state index contributed by atoms with van der Waals surface area (Å²) in [6.45, 7) is 5.30. The summed E-state index contributed by atoms with van der Waals surface area (Å²) < 4.78 is 2.14. The topological polar surface area (TPSA) is 21.9 Å². The Morgan fingerprint density at radius 3 is 2.50 bits per heavy atom. The largest absolute Gasteiger partial charge is 1.00 e. The summed E-state index contributed by atoms with van der Waals surface area (Å²) >= 11 is 0. The number of guanidine groups is 1. The molecule has 1 heterocycles. The highest BCUT2D eigenvalue weighted by Gasteiger charge is 2.34. The van der Waals surface area contributed by atoms with E-state index in [2.05, 4.69) is 52.7 Å². The van der Waals surface area contributed by atoms with E-state index in [-0.39, 0.29) is 24.0 Å². The van der Waals surface area contributed by atoms with E-state index in [9.17, 15) is 0 Å². The van der Waals surface area contributed by atoms with Gasteiger partial charge in [-0.1, -0.05) is 37.3 Å². The van der Waals surface area contributed by atoms with Crippen molar-refractivity contribution < 1.29 is 28.6 Å². The van der Waals surface area contributed by atoms with Crippen LogP contribution in [-0.4, -0.2) is 60.4 Å². The van der Waals surface area contributed by atoms with Crippen LogP contribution in [0.15, 0.2) is 35.4 Å². The lowest BCUT2D eigenvalue weighted by atomic mass is 10.2. The highest BCUT2D eigenvalue weighted by atomic mass is 127. The molecule has 0 radical (unpaired) electrons. The van der Waals surface area contributed by atoms with Crippen LogP contribution in [0.3, 0.4) is 0 Å². The van der Waals surface area contributed by atoms with Gasteiger partial charge < -0.3 is 24.0 Å². The van der Waals surface area contributed by atoms with Crippen LogP contribution in [0.4, 0.5) is 0 Å². The summed E-state index contributed by atoms with van der Waals surface area (Å²) in [5, 5.41) is 6.70. The minimum absolute atomic E-state index is 0. The molecule has 5 heteroatoms. The van der Waals surface area contributed by atoms with Gasteiger partial charge in [0.2, 0.25) is 0 Å². The molecule has 110 valence electrons. The SMILES string of the molecule is CCCN1CCN(/N=C/c2ccccc2)C1=[N+](C)C.[I-]. The van der Waals surface area contributed by atoms with Crippen molar-refractivity contribution in [1.29, 1.82) is 0 Å². The number of halogens is 1. The summed E-state index contributed by atoms with van der Waals surface area (Å²) in [5.74, 6) is 1.19. The Hall–Kier alpha value is -1.11. The number of benzene rings is 1. The van der Waals surface area contributed by atoms with Crippen LogP contribution < -0.4 is 24.0 Å². The van der Waals surface area contributed by atoms with Crippen LogP contribution in [0.25, 0.3) is 0 Å². The standard InChI is InChI=1S/C15H23N4.HI/c1-4-10-18-11-12-19(15(18)17(2)3)16-13-14-8-6-5-7-9-14;/h5-9,13H,4,10-12H2,1-3H3;1H/q+1;/p-1/b16-13+;. The fraction of sp³-hybridized carbons (Fsp3) is 0.467. The second kappa shape index (κ2) is 8.24. The molecule has 0 spiro atoms. The van der Waals surface area contributed by atoms with E-state index in [0.29, 0.717) is 0 Å². The maximum Gasteiger partial charge on any atom is 0.374 e. The van der Waals surface area contributed by atoms with Crippen LogP contribution in [0, 0.1) is 0 Å². The zero-order valence-electron chi connectivity index (χ0n) is 12.5. The van der Waals surface area contributed by atoms with Crippen LogP contribution in [0.1, 0.15) is 18.9 Å². The average molecular weight is 386 g/mol. The molecule has 0 bridgehead atoms. The monoisotopic (exact) mass is 386 g/mol. The van der Waals surface area contributed by atoms with Crippen molar-refractivity contribution in [2.45, 2.75) is 13.3 Å². The lowest BCUT2D eigenvalue weighted by Crippen LogP contribution is -3.00. The number of hydrogen-bond acceptors (Lipinski definition) is 1. The first-order valence-electron chi connectivity index (χ1n) is 6.88. The molecule has 0 aromatic heterocycles. The van der Waals surface area contributed by atoms with E-state index in [1.807, 2.05) is 24.4 Å². The average Bonchev–Trinajstić information content (AvgIpc) is 2.81. The van der Waals surface area contributed by atoms with Gasteiger partial charge in [-0.3, -0.25) is 9.48 Å². The van der Waals surface area contributed by atoms with E-state index in [4.69, 9.17) is 0 Å². The van der Waals surface area contributed by atoms with E-state index in [1.165, 1.54) is 5.96 Å². The van der Waals surface area contributed by atoms with Crippen LogP contribution in [-0.2, 0) is 0 Å². The Bertz CT molecular complexity index is 466. The summed E-state index contributed by atoms with van der Waals surface area (Å²) in [7, 11) is 4.16. The highest BCUT2D eigenvalue weighted by Crippen LogP contribution is 2.09. The van der Waals surface area contributed by atoms with Crippen molar-refractivity contribution in [3.05, 3.63) is 35.9 Å². The molecule has 4 nitrogen and oxygen atoms in total. The molecule has 0 amide bonds. The Balaban J connectivity index is 0.00000200. The Morgan fingerprint density at radius 2 is 1.90 bits per heavy atom. The van der Waals surface area contributed by atoms with Crippen molar-refractivity contribution in [3.63, 3.8) is 0 Å². The molecule has 0 N–H and O–H groups in total.